The molecular weight excluding hydrogens is 180 g/mol. The molecule has 0 unspecified atom stereocenters. The molecule has 1 aromatic carbocycles. The van der Waals surface area contributed by atoms with Crippen LogP contribution in [-0.2, 0) is 0 Å². The molecule has 0 spiro atoms. The van der Waals surface area contributed by atoms with Gasteiger partial charge in [0.15, 0.2) is 0 Å². The van der Waals surface area contributed by atoms with Crippen molar-refractivity contribution in [1.82, 2.24) is 0 Å². The summed E-state index contributed by atoms with van der Waals surface area (Å²) in [7, 11) is 0. The van der Waals surface area contributed by atoms with Gasteiger partial charge in [-0.2, -0.15) is 4.79 Å². The van der Waals surface area contributed by atoms with Gasteiger partial charge >= 0.3 is 6.21 Å². The molecule has 0 radical (unpaired) electrons. The smallest absolute Gasteiger partial charge is 0.328 e. The van der Waals surface area contributed by atoms with Gasteiger partial charge in [0.1, 0.15) is 5.75 Å². The lowest BCUT2D eigenvalue weighted by Crippen LogP contribution is -2.05. The fourth-order valence-corrected chi connectivity index (χ4v) is 1.07. The van der Waals surface area contributed by atoms with Gasteiger partial charge in [-0.25, -0.2) is 0 Å². The number of carbonyl (C=O) groups is 1. The lowest BCUT2D eigenvalue weighted by molar-refractivity contribution is 0.00231. The first kappa shape index (κ1) is 10.2. The first-order chi connectivity index (χ1) is 6.79. The molecule has 1 rings (SSSR count). The van der Waals surface area contributed by atoms with Crippen LogP contribution < -0.4 is 4.74 Å². The number of nitrogens with zero attached hydrogens (tertiary/aromatic N) is 2. The van der Waals surface area contributed by atoms with Crippen LogP contribution in [0.25, 0.3) is 5.53 Å². The quantitative estimate of drug-likeness (QED) is 0.313. The van der Waals surface area contributed by atoms with Crippen LogP contribution in [0, 0.1) is 0 Å². The Labute approximate surface area is 81.7 Å². The van der Waals surface area contributed by atoms with Gasteiger partial charge in [0, 0.05) is 0 Å². The van der Waals surface area contributed by atoms with Crippen LogP contribution in [0.15, 0.2) is 24.3 Å². The Morgan fingerprint density at radius 1 is 1.57 bits per heavy atom. The van der Waals surface area contributed by atoms with E-state index in [1.54, 1.807) is 24.3 Å². The molecule has 72 valence electrons. The van der Waals surface area contributed by atoms with Gasteiger partial charge in [-0.3, -0.25) is 4.79 Å². The molecule has 1 aromatic rings. The molecule has 0 aliphatic rings. The number of hydrogen-bond donors (Lipinski definition) is 0. The average Bonchev–Trinajstić information content (AvgIpc) is 2.19. The van der Waals surface area contributed by atoms with Gasteiger partial charge in [0.25, 0.3) is 5.78 Å². The highest BCUT2D eigenvalue weighted by molar-refractivity contribution is 6.34. The summed E-state index contributed by atoms with van der Waals surface area (Å²) in [6.45, 7) is 2.32. The zero-order valence-corrected chi connectivity index (χ0v) is 7.80. The minimum absolute atomic E-state index is 0.378. The van der Waals surface area contributed by atoms with Crippen LogP contribution >= 0.6 is 0 Å². The molecule has 0 aliphatic heterocycles. The van der Waals surface area contributed by atoms with Crippen molar-refractivity contribution in [3.8, 4) is 5.75 Å². The summed E-state index contributed by atoms with van der Waals surface area (Å²) in [5.74, 6) is 0.122. The summed E-state index contributed by atoms with van der Waals surface area (Å²) < 4.78 is 5.24. The van der Waals surface area contributed by atoms with Crippen LogP contribution in [0.2, 0.25) is 0 Å². The zero-order chi connectivity index (χ0) is 10.4. The van der Waals surface area contributed by atoms with E-state index in [9.17, 15) is 4.79 Å². The molecule has 14 heavy (non-hydrogen) atoms. The van der Waals surface area contributed by atoms with Crippen LogP contribution in [0.4, 0.5) is 0 Å². The fourth-order valence-electron chi connectivity index (χ4n) is 1.07. The number of rotatable bonds is 4. The maximum absolute atomic E-state index is 11.4. The molecule has 0 aliphatic carbocycles. The molecule has 0 N–H and O–H groups in total. The highest BCUT2D eigenvalue weighted by Gasteiger charge is 2.12. The predicted molar refractivity (Wildman–Crippen MR) is 51.6 cm³/mol. The highest BCUT2D eigenvalue weighted by atomic mass is 16.5. The summed E-state index contributed by atoms with van der Waals surface area (Å²) in [4.78, 5) is 14.0. The molecule has 0 bridgehead atoms. The Hall–Kier alpha value is -1.93. The molecule has 0 aromatic heterocycles. The van der Waals surface area contributed by atoms with E-state index in [0.717, 1.165) is 6.21 Å². The summed E-state index contributed by atoms with van der Waals surface area (Å²) in [5, 5.41) is 0. The second-order valence-electron chi connectivity index (χ2n) is 2.54. The Kier molecular flexibility index (Phi) is 3.58. The minimum atomic E-state index is -0.378. The van der Waals surface area contributed by atoms with Gasteiger partial charge in [0.05, 0.1) is 12.2 Å². The zero-order valence-electron chi connectivity index (χ0n) is 7.80. The second-order valence-corrected chi connectivity index (χ2v) is 2.54. The van der Waals surface area contributed by atoms with Crippen molar-refractivity contribution in [3.05, 3.63) is 35.4 Å². The number of carbonyl (C=O) groups excluding carboxylic acids is 1. The average molecular weight is 190 g/mol. The monoisotopic (exact) mass is 190 g/mol. The number of hydrogen-bond acceptors (Lipinski definition) is 2. The normalized spacial score (nSPS) is 8.93. The van der Waals surface area contributed by atoms with Gasteiger partial charge in [-0.15, -0.1) is 0 Å². The second kappa shape index (κ2) is 4.94. The van der Waals surface area contributed by atoms with Crippen LogP contribution in [0.5, 0.6) is 5.75 Å². The molecule has 0 fully saturated rings. The lowest BCUT2D eigenvalue weighted by atomic mass is 10.1. The number of para-hydroxylation sites is 1. The largest absolute Gasteiger partial charge is 0.493 e. The van der Waals surface area contributed by atoms with E-state index in [-0.39, 0.29) is 5.78 Å². The molecule has 0 saturated heterocycles. The summed E-state index contributed by atoms with van der Waals surface area (Å²) in [6.07, 6.45) is 0.845. The van der Waals surface area contributed by atoms with E-state index >= 15 is 0 Å². The van der Waals surface area contributed by atoms with E-state index in [1.165, 1.54) is 0 Å². The van der Waals surface area contributed by atoms with Crippen LogP contribution in [0.1, 0.15) is 17.3 Å². The van der Waals surface area contributed by atoms with Gasteiger partial charge in [-0.05, 0) is 19.1 Å². The number of benzene rings is 1. The van der Waals surface area contributed by atoms with Gasteiger partial charge in [-0.1, -0.05) is 12.1 Å². The maximum atomic E-state index is 11.4. The first-order valence-corrected chi connectivity index (χ1v) is 4.23. The highest BCUT2D eigenvalue weighted by Crippen LogP contribution is 2.17. The number of Topliss-reactive ketones (excluding diaryl/α,β-unsaturated/α-hetero) is 1. The number of ether oxygens (including phenoxy) is 1. The van der Waals surface area contributed by atoms with Gasteiger partial charge < -0.3 is 10.3 Å². The van der Waals surface area contributed by atoms with E-state index < -0.39 is 0 Å². The predicted octanol–water partition coefficient (Wildman–Crippen LogP) is 1.57. The van der Waals surface area contributed by atoms with Crippen LogP contribution in [-0.4, -0.2) is 23.4 Å². The maximum Gasteiger partial charge on any atom is 0.328 e. The van der Waals surface area contributed by atoms with Crippen molar-refractivity contribution in [2.75, 3.05) is 6.61 Å². The molecule has 4 heteroatoms. The molecule has 0 saturated carbocycles. The third-order valence-corrected chi connectivity index (χ3v) is 1.63. The summed E-state index contributed by atoms with van der Waals surface area (Å²) in [6, 6.07) is 6.82. The molecule has 0 amide bonds. The van der Waals surface area contributed by atoms with Crippen molar-refractivity contribution in [2.45, 2.75) is 6.92 Å². The third-order valence-electron chi connectivity index (χ3n) is 1.63. The summed E-state index contributed by atoms with van der Waals surface area (Å²) >= 11 is 0. The van der Waals surface area contributed by atoms with E-state index in [1.807, 2.05) is 6.92 Å². The van der Waals surface area contributed by atoms with Crippen molar-refractivity contribution in [2.24, 2.45) is 0 Å². The van der Waals surface area contributed by atoms with Gasteiger partial charge in [0.2, 0.25) is 0 Å². The van der Waals surface area contributed by atoms with E-state index in [2.05, 4.69) is 4.79 Å². The Bertz CT molecular complexity index is 381. The van der Waals surface area contributed by atoms with Crippen molar-refractivity contribution >= 4 is 12.0 Å². The lowest BCUT2D eigenvalue weighted by Gasteiger charge is -2.05. The topological polar surface area (TPSA) is 62.7 Å². The molecule has 4 nitrogen and oxygen atoms in total. The SMILES string of the molecule is CCOc1ccccc1C(=O)C=[N+]=[N-]. The van der Waals surface area contributed by atoms with Crippen molar-refractivity contribution < 1.29 is 14.3 Å². The van der Waals surface area contributed by atoms with Crippen LogP contribution in [0.3, 0.4) is 0 Å². The number of ketones is 1. The van der Waals surface area contributed by atoms with E-state index in [4.69, 9.17) is 10.3 Å². The fraction of sp³-hybridized carbons (Fsp3) is 0.200. The Morgan fingerprint density at radius 3 is 2.93 bits per heavy atom. The Morgan fingerprint density at radius 2 is 2.29 bits per heavy atom. The standard InChI is InChI=1S/C10H10N2O2/c1-2-14-10-6-4-3-5-8(10)9(13)7-12-11/h3-7H,2H2,1H3. The van der Waals surface area contributed by atoms with Crippen molar-refractivity contribution in [3.63, 3.8) is 0 Å². The molecule has 0 heterocycles. The molecule has 0 atom stereocenters. The van der Waals surface area contributed by atoms with Crippen molar-refractivity contribution in [1.29, 1.82) is 0 Å². The Balaban J connectivity index is 3.05. The third kappa shape index (κ3) is 2.28. The first-order valence-electron chi connectivity index (χ1n) is 4.23. The summed E-state index contributed by atoms with van der Waals surface area (Å²) in [5.41, 5.74) is 8.62. The minimum Gasteiger partial charge on any atom is -0.493 e. The molecular formula is C10H10N2O2. The van der Waals surface area contributed by atoms with E-state index in [0.29, 0.717) is 17.9 Å².